The van der Waals surface area contributed by atoms with Gasteiger partial charge >= 0.3 is 0 Å². The van der Waals surface area contributed by atoms with E-state index >= 15 is 0 Å². The third-order valence-corrected chi connectivity index (χ3v) is 4.81. The van der Waals surface area contributed by atoms with Crippen molar-refractivity contribution in [1.82, 2.24) is 10.2 Å². The van der Waals surface area contributed by atoms with Gasteiger partial charge in [0.1, 0.15) is 11.8 Å². The molecule has 0 bridgehead atoms. The number of carbonyl (C=O) groups is 2. The molecule has 0 aliphatic rings. The molecule has 6 heteroatoms. The van der Waals surface area contributed by atoms with Crippen LogP contribution in [-0.4, -0.2) is 35.9 Å². The second-order valence-electron chi connectivity index (χ2n) is 6.22. The van der Waals surface area contributed by atoms with Crippen molar-refractivity contribution in [3.05, 3.63) is 63.7 Å². The van der Waals surface area contributed by atoms with Crippen LogP contribution >= 0.6 is 22.6 Å². The molecule has 27 heavy (non-hydrogen) atoms. The van der Waals surface area contributed by atoms with E-state index in [4.69, 9.17) is 4.74 Å². The number of ether oxygens (including phenoxy) is 1. The Bertz CT molecular complexity index is 735. The van der Waals surface area contributed by atoms with Gasteiger partial charge in [0.25, 0.3) is 5.91 Å². The summed E-state index contributed by atoms with van der Waals surface area (Å²) < 4.78 is 6.72. The number of halogens is 1. The fraction of sp³-hybridized carbons (Fsp3) is 0.333. The van der Waals surface area contributed by atoms with E-state index in [2.05, 4.69) is 27.9 Å². The average Bonchev–Trinajstić information content (AvgIpc) is 2.69. The third-order valence-electron chi connectivity index (χ3n) is 4.09. The molecule has 2 amide bonds. The highest BCUT2D eigenvalue weighted by Gasteiger charge is 2.26. The summed E-state index contributed by atoms with van der Waals surface area (Å²) in [6.07, 6.45) is 0.848. The van der Waals surface area contributed by atoms with Gasteiger partial charge in [0, 0.05) is 16.7 Å². The van der Waals surface area contributed by atoms with E-state index in [1.807, 2.05) is 61.5 Å². The predicted octanol–water partition coefficient (Wildman–Crippen LogP) is 3.61. The molecule has 0 saturated heterocycles. The van der Waals surface area contributed by atoms with Gasteiger partial charge in [0.2, 0.25) is 5.91 Å². The maximum Gasteiger partial charge on any atom is 0.261 e. The lowest BCUT2D eigenvalue weighted by Gasteiger charge is -2.28. The number of nitrogens with one attached hydrogen (secondary N) is 1. The number of rotatable bonds is 9. The first-order chi connectivity index (χ1) is 13.0. The monoisotopic (exact) mass is 480 g/mol. The van der Waals surface area contributed by atoms with Crippen LogP contribution in [0.5, 0.6) is 5.75 Å². The minimum Gasteiger partial charge on any atom is -0.484 e. The predicted molar refractivity (Wildman–Crippen MR) is 114 cm³/mol. The maximum absolute atomic E-state index is 12.8. The fourth-order valence-corrected chi connectivity index (χ4v) is 2.88. The Morgan fingerprint density at radius 1 is 1.11 bits per heavy atom. The number of benzene rings is 2. The van der Waals surface area contributed by atoms with E-state index in [9.17, 15) is 9.59 Å². The van der Waals surface area contributed by atoms with Crippen molar-refractivity contribution in [3.8, 4) is 5.75 Å². The Morgan fingerprint density at radius 3 is 2.41 bits per heavy atom. The van der Waals surface area contributed by atoms with Crippen molar-refractivity contribution >= 4 is 34.4 Å². The molecule has 0 fully saturated rings. The van der Waals surface area contributed by atoms with Crippen LogP contribution in [0, 0.1) is 3.57 Å². The van der Waals surface area contributed by atoms with Gasteiger partial charge in [0.15, 0.2) is 6.61 Å². The molecule has 2 rings (SSSR count). The van der Waals surface area contributed by atoms with Crippen LogP contribution in [0.2, 0.25) is 0 Å². The van der Waals surface area contributed by atoms with Gasteiger partial charge < -0.3 is 15.0 Å². The molecule has 5 nitrogen and oxygen atoms in total. The molecule has 0 spiro atoms. The van der Waals surface area contributed by atoms with E-state index in [-0.39, 0.29) is 18.4 Å². The van der Waals surface area contributed by atoms with Crippen LogP contribution in [0.15, 0.2) is 54.6 Å². The first-order valence-corrected chi connectivity index (χ1v) is 10.1. The van der Waals surface area contributed by atoms with E-state index in [1.165, 1.54) is 0 Å². The Kier molecular flexibility index (Phi) is 8.57. The van der Waals surface area contributed by atoms with E-state index in [1.54, 1.807) is 11.8 Å². The van der Waals surface area contributed by atoms with Crippen molar-refractivity contribution in [1.29, 1.82) is 0 Å². The topological polar surface area (TPSA) is 58.6 Å². The molecule has 1 N–H and O–H groups in total. The molecule has 0 radical (unpaired) electrons. The lowest BCUT2D eigenvalue weighted by Crippen LogP contribution is -2.49. The number of hydrogen-bond donors (Lipinski definition) is 1. The minimum atomic E-state index is -0.579. The number of amides is 2. The SMILES string of the molecule is CCCNC(=O)[C@H](C)N(Cc1ccccc1)C(=O)COc1ccc(I)cc1. The molecule has 1 atom stereocenters. The summed E-state index contributed by atoms with van der Waals surface area (Å²) in [5.74, 6) is 0.249. The fourth-order valence-electron chi connectivity index (χ4n) is 2.52. The largest absolute Gasteiger partial charge is 0.484 e. The second-order valence-corrected chi connectivity index (χ2v) is 7.46. The first-order valence-electron chi connectivity index (χ1n) is 9.00. The van der Waals surface area contributed by atoms with Gasteiger partial charge in [-0.15, -0.1) is 0 Å². The molecule has 0 saturated carbocycles. The summed E-state index contributed by atoms with van der Waals surface area (Å²) in [7, 11) is 0. The molecule has 2 aromatic carbocycles. The Hall–Kier alpha value is -2.09. The molecule has 0 heterocycles. The molecular weight excluding hydrogens is 455 g/mol. The van der Waals surface area contributed by atoms with E-state index in [0.717, 1.165) is 15.6 Å². The lowest BCUT2D eigenvalue weighted by molar-refractivity contribution is -0.142. The van der Waals surface area contributed by atoms with Gasteiger partial charge in [-0.05, 0) is 65.8 Å². The highest BCUT2D eigenvalue weighted by atomic mass is 127. The zero-order valence-corrected chi connectivity index (χ0v) is 17.8. The third kappa shape index (κ3) is 6.86. The van der Waals surface area contributed by atoms with Crippen molar-refractivity contribution in [3.63, 3.8) is 0 Å². The molecule has 0 aliphatic carbocycles. The average molecular weight is 480 g/mol. The van der Waals surface area contributed by atoms with Gasteiger partial charge in [-0.1, -0.05) is 37.3 Å². The molecule has 144 valence electrons. The van der Waals surface area contributed by atoms with Crippen molar-refractivity contribution in [2.24, 2.45) is 0 Å². The van der Waals surface area contributed by atoms with Crippen LogP contribution in [-0.2, 0) is 16.1 Å². The second kappa shape index (κ2) is 10.9. The quantitative estimate of drug-likeness (QED) is 0.558. The van der Waals surface area contributed by atoms with Crippen LogP contribution in [0.1, 0.15) is 25.8 Å². The summed E-state index contributed by atoms with van der Waals surface area (Å²) in [6, 6.07) is 16.6. The number of nitrogens with zero attached hydrogens (tertiary/aromatic N) is 1. The minimum absolute atomic E-state index is 0.112. The Balaban J connectivity index is 2.08. The van der Waals surface area contributed by atoms with Gasteiger partial charge in [-0.3, -0.25) is 9.59 Å². The molecule has 2 aromatic rings. The van der Waals surface area contributed by atoms with Crippen LogP contribution in [0.25, 0.3) is 0 Å². The standard InChI is InChI=1S/C21H25IN2O3/c1-3-13-23-21(26)16(2)24(14-17-7-5-4-6-8-17)20(25)15-27-19-11-9-18(22)10-12-19/h4-12,16H,3,13-15H2,1-2H3,(H,23,26)/t16-/m0/s1. The zero-order valence-electron chi connectivity index (χ0n) is 15.7. The van der Waals surface area contributed by atoms with E-state index in [0.29, 0.717) is 18.8 Å². The van der Waals surface area contributed by atoms with Gasteiger partial charge in [-0.25, -0.2) is 0 Å². The highest BCUT2D eigenvalue weighted by molar-refractivity contribution is 14.1. The molecular formula is C21H25IN2O3. The van der Waals surface area contributed by atoms with Gasteiger partial charge in [-0.2, -0.15) is 0 Å². The zero-order chi connectivity index (χ0) is 19.6. The summed E-state index contributed by atoms with van der Waals surface area (Å²) in [4.78, 5) is 26.8. The molecule has 0 unspecified atom stereocenters. The highest BCUT2D eigenvalue weighted by Crippen LogP contribution is 2.15. The van der Waals surface area contributed by atoms with Gasteiger partial charge in [0.05, 0.1) is 0 Å². The number of carbonyl (C=O) groups excluding carboxylic acids is 2. The summed E-state index contributed by atoms with van der Waals surface area (Å²) in [5, 5.41) is 2.86. The Labute approximate surface area is 174 Å². The Morgan fingerprint density at radius 2 is 1.78 bits per heavy atom. The van der Waals surface area contributed by atoms with Crippen molar-refractivity contribution in [2.45, 2.75) is 32.9 Å². The molecule has 0 aromatic heterocycles. The smallest absolute Gasteiger partial charge is 0.261 e. The summed E-state index contributed by atoms with van der Waals surface area (Å²) >= 11 is 2.21. The lowest BCUT2D eigenvalue weighted by atomic mass is 10.1. The number of hydrogen-bond acceptors (Lipinski definition) is 3. The van der Waals surface area contributed by atoms with Crippen molar-refractivity contribution < 1.29 is 14.3 Å². The van der Waals surface area contributed by atoms with Crippen LogP contribution < -0.4 is 10.1 Å². The summed E-state index contributed by atoms with van der Waals surface area (Å²) in [6.45, 7) is 4.58. The first kappa shape index (κ1) is 21.2. The van der Waals surface area contributed by atoms with E-state index < -0.39 is 6.04 Å². The molecule has 0 aliphatic heterocycles. The normalized spacial score (nSPS) is 11.5. The summed E-state index contributed by atoms with van der Waals surface area (Å²) in [5.41, 5.74) is 0.968. The maximum atomic E-state index is 12.8. The van der Waals surface area contributed by atoms with Crippen LogP contribution in [0.4, 0.5) is 0 Å². The van der Waals surface area contributed by atoms with Crippen LogP contribution in [0.3, 0.4) is 0 Å². The van der Waals surface area contributed by atoms with Crippen molar-refractivity contribution in [2.75, 3.05) is 13.2 Å².